The van der Waals surface area contributed by atoms with Gasteiger partial charge in [-0.1, -0.05) is 54.1 Å². The molecule has 0 aliphatic rings. The minimum absolute atomic E-state index is 0.00669. The van der Waals surface area contributed by atoms with Crippen LogP contribution in [0.3, 0.4) is 0 Å². The summed E-state index contributed by atoms with van der Waals surface area (Å²) >= 11 is 0. The molecule has 174 valence electrons. The third-order valence-electron chi connectivity index (χ3n) is 5.52. The molecule has 0 atom stereocenters. The maximum Gasteiger partial charge on any atom is 0.325 e. The zero-order valence-electron chi connectivity index (χ0n) is 19.2. The van der Waals surface area contributed by atoms with E-state index >= 15 is 0 Å². The highest BCUT2D eigenvalue weighted by atomic mass is 16.5. The van der Waals surface area contributed by atoms with Crippen LogP contribution in [-0.2, 0) is 22.6 Å². The number of methoxy groups -OCH3 is 1. The zero-order valence-corrected chi connectivity index (χ0v) is 19.2. The molecule has 0 saturated heterocycles. The van der Waals surface area contributed by atoms with E-state index in [4.69, 9.17) is 15.5 Å². The second-order valence-electron chi connectivity index (χ2n) is 7.96. The van der Waals surface area contributed by atoms with Gasteiger partial charge in [0.15, 0.2) is 0 Å². The van der Waals surface area contributed by atoms with Crippen LogP contribution in [0.1, 0.15) is 27.0 Å². The van der Waals surface area contributed by atoms with Gasteiger partial charge in [-0.05, 0) is 30.2 Å². The molecular weight excluding hydrogens is 430 g/mol. The molecule has 4 rings (SSSR count). The summed E-state index contributed by atoms with van der Waals surface area (Å²) in [5.74, 6) is 0.0546. The number of ether oxygens (including phenoxy) is 1. The Morgan fingerprint density at radius 1 is 1.06 bits per heavy atom. The van der Waals surface area contributed by atoms with Crippen molar-refractivity contribution in [1.29, 1.82) is 0 Å². The highest BCUT2D eigenvalue weighted by Crippen LogP contribution is 2.29. The second kappa shape index (κ2) is 10.2. The van der Waals surface area contributed by atoms with E-state index in [2.05, 4.69) is 10.6 Å². The number of nitrogens with two attached hydrogens (primary N) is 1. The number of aryl methyl sites for hydroxylation is 1. The Kier molecular flexibility index (Phi) is 6.89. The molecule has 0 spiro atoms. The number of nitrogens with zero attached hydrogens (tertiary/aromatic N) is 2. The van der Waals surface area contributed by atoms with Gasteiger partial charge in [0.1, 0.15) is 23.7 Å². The van der Waals surface area contributed by atoms with Crippen molar-refractivity contribution in [3.05, 3.63) is 89.1 Å². The van der Waals surface area contributed by atoms with E-state index in [1.165, 1.54) is 7.11 Å². The number of pyridine rings is 1. The minimum atomic E-state index is -0.389. The fourth-order valence-corrected chi connectivity index (χ4v) is 3.65. The first-order valence-corrected chi connectivity index (χ1v) is 10.9. The van der Waals surface area contributed by atoms with Gasteiger partial charge < -0.3 is 21.1 Å². The maximum atomic E-state index is 12.8. The van der Waals surface area contributed by atoms with Crippen molar-refractivity contribution in [2.75, 3.05) is 19.0 Å². The fraction of sp³-hybridized carbons (Fsp3) is 0.192. The number of nitrogens with one attached hydrogen (secondary N) is 2. The maximum absolute atomic E-state index is 12.8. The number of hydrogen-bond donors (Lipinski definition) is 3. The number of imidazole rings is 1. The lowest BCUT2D eigenvalue weighted by Crippen LogP contribution is -2.23. The fourth-order valence-electron chi connectivity index (χ4n) is 3.65. The molecule has 0 aliphatic heterocycles. The van der Waals surface area contributed by atoms with Crippen molar-refractivity contribution in [3.63, 3.8) is 0 Å². The first-order chi connectivity index (χ1) is 16.5. The molecule has 0 aliphatic carbocycles. The highest BCUT2D eigenvalue weighted by molar-refractivity contribution is 5.95. The van der Waals surface area contributed by atoms with Crippen molar-refractivity contribution >= 4 is 23.3 Å². The van der Waals surface area contributed by atoms with E-state index < -0.39 is 0 Å². The van der Waals surface area contributed by atoms with E-state index in [9.17, 15) is 9.59 Å². The average molecular weight is 458 g/mol. The predicted molar refractivity (Wildman–Crippen MR) is 131 cm³/mol. The molecular formula is C26H27N5O3. The Morgan fingerprint density at radius 3 is 2.56 bits per heavy atom. The molecule has 8 nitrogen and oxygen atoms in total. The predicted octanol–water partition coefficient (Wildman–Crippen LogP) is 3.28. The molecule has 0 saturated carbocycles. The molecule has 4 N–H and O–H groups in total. The molecule has 0 unspecified atom stereocenters. The van der Waals surface area contributed by atoms with Crippen LogP contribution in [-0.4, -0.2) is 34.9 Å². The molecule has 2 aromatic heterocycles. The van der Waals surface area contributed by atoms with Gasteiger partial charge in [-0.2, -0.15) is 0 Å². The minimum Gasteiger partial charge on any atom is -0.468 e. The molecule has 0 fully saturated rings. The van der Waals surface area contributed by atoms with Crippen LogP contribution in [0.15, 0.2) is 66.9 Å². The number of aromatic nitrogens is 2. The number of amides is 1. The Morgan fingerprint density at radius 2 is 1.82 bits per heavy atom. The third kappa shape index (κ3) is 5.07. The highest BCUT2D eigenvalue weighted by Gasteiger charge is 2.17. The van der Waals surface area contributed by atoms with Crippen molar-refractivity contribution in [2.24, 2.45) is 5.73 Å². The van der Waals surface area contributed by atoms with Crippen LogP contribution in [0.4, 0.5) is 5.82 Å². The van der Waals surface area contributed by atoms with Crippen LogP contribution in [0, 0.1) is 6.92 Å². The van der Waals surface area contributed by atoms with Gasteiger partial charge in [0.25, 0.3) is 5.91 Å². The number of carbonyl (C=O) groups excluding carboxylic acids is 2. The van der Waals surface area contributed by atoms with Crippen LogP contribution >= 0.6 is 0 Å². The van der Waals surface area contributed by atoms with E-state index in [-0.39, 0.29) is 18.4 Å². The van der Waals surface area contributed by atoms with Crippen molar-refractivity contribution in [2.45, 2.75) is 20.0 Å². The second-order valence-corrected chi connectivity index (χ2v) is 7.96. The Labute approximate surface area is 197 Å². The number of hydrogen-bond acceptors (Lipinski definition) is 6. The summed E-state index contributed by atoms with van der Waals surface area (Å²) in [6.45, 7) is 2.86. The monoisotopic (exact) mass is 457 g/mol. The van der Waals surface area contributed by atoms with E-state index in [1.54, 1.807) is 18.3 Å². The normalized spacial score (nSPS) is 10.8. The van der Waals surface area contributed by atoms with Gasteiger partial charge in [-0.15, -0.1) is 0 Å². The SMILES string of the molecule is COC(=O)CNc1c(-c2ccc(C)cc2)nc2cc(C(=O)NCc3cccc(CN)c3)ccn12. The quantitative estimate of drug-likeness (QED) is 0.350. The number of rotatable bonds is 8. The summed E-state index contributed by atoms with van der Waals surface area (Å²) in [5.41, 5.74) is 11.5. The van der Waals surface area contributed by atoms with Gasteiger partial charge in [-0.3, -0.25) is 14.0 Å². The average Bonchev–Trinajstić information content (AvgIpc) is 3.24. The number of esters is 1. The van der Waals surface area contributed by atoms with Gasteiger partial charge in [0, 0.05) is 30.4 Å². The molecule has 0 radical (unpaired) electrons. The molecule has 2 aromatic carbocycles. The van der Waals surface area contributed by atoms with Crippen LogP contribution in [0.25, 0.3) is 16.9 Å². The zero-order chi connectivity index (χ0) is 24.1. The van der Waals surface area contributed by atoms with Crippen LogP contribution in [0.2, 0.25) is 0 Å². The smallest absolute Gasteiger partial charge is 0.325 e. The van der Waals surface area contributed by atoms with Crippen molar-refractivity contribution in [1.82, 2.24) is 14.7 Å². The molecule has 1 amide bonds. The molecule has 0 bridgehead atoms. The number of benzene rings is 2. The van der Waals surface area contributed by atoms with Gasteiger partial charge >= 0.3 is 5.97 Å². The number of anilines is 1. The van der Waals surface area contributed by atoms with E-state index in [0.717, 1.165) is 22.3 Å². The number of fused-ring (bicyclic) bond motifs is 1. The lowest BCUT2D eigenvalue weighted by Gasteiger charge is -2.09. The van der Waals surface area contributed by atoms with E-state index in [0.29, 0.717) is 35.8 Å². The molecule has 34 heavy (non-hydrogen) atoms. The topological polar surface area (TPSA) is 111 Å². The van der Waals surface area contributed by atoms with Gasteiger partial charge in [0.05, 0.1) is 7.11 Å². The van der Waals surface area contributed by atoms with Crippen LogP contribution < -0.4 is 16.4 Å². The first-order valence-electron chi connectivity index (χ1n) is 10.9. The molecule has 2 heterocycles. The Balaban J connectivity index is 1.62. The van der Waals surface area contributed by atoms with Gasteiger partial charge in [0.2, 0.25) is 0 Å². The summed E-state index contributed by atoms with van der Waals surface area (Å²) in [6.07, 6.45) is 1.77. The van der Waals surface area contributed by atoms with Crippen molar-refractivity contribution < 1.29 is 14.3 Å². The van der Waals surface area contributed by atoms with E-state index in [1.807, 2.05) is 59.9 Å². The van der Waals surface area contributed by atoms with Crippen LogP contribution in [0.5, 0.6) is 0 Å². The summed E-state index contributed by atoms with van der Waals surface area (Å²) in [7, 11) is 1.34. The number of carbonyl (C=O) groups is 2. The first kappa shape index (κ1) is 23.0. The molecule has 8 heteroatoms. The summed E-state index contributed by atoms with van der Waals surface area (Å²) < 4.78 is 6.58. The third-order valence-corrected chi connectivity index (χ3v) is 5.52. The van der Waals surface area contributed by atoms with Gasteiger partial charge in [-0.25, -0.2) is 4.98 Å². The van der Waals surface area contributed by atoms with Crippen molar-refractivity contribution in [3.8, 4) is 11.3 Å². The lowest BCUT2D eigenvalue weighted by atomic mass is 10.1. The summed E-state index contributed by atoms with van der Waals surface area (Å²) in [5, 5.41) is 6.07. The largest absolute Gasteiger partial charge is 0.468 e. The standard InChI is InChI=1S/C26H27N5O3/c1-17-6-8-20(9-7-17)24-25(28-16-23(32)34-2)31-11-10-21(13-22(31)30-24)26(33)29-15-19-5-3-4-18(12-19)14-27/h3-13,28H,14-16,27H2,1-2H3,(H,29,33). The summed E-state index contributed by atoms with van der Waals surface area (Å²) in [4.78, 5) is 29.3. The lowest BCUT2D eigenvalue weighted by molar-refractivity contribution is -0.138. The Hall–Kier alpha value is -4.17. The summed E-state index contributed by atoms with van der Waals surface area (Å²) in [6, 6.07) is 19.2. The molecule has 4 aromatic rings. The Bertz CT molecular complexity index is 1330.